The molecule has 0 fully saturated rings. The van der Waals surface area contributed by atoms with Gasteiger partial charge in [-0.1, -0.05) is 41.9 Å². The first-order chi connectivity index (χ1) is 12.6. The van der Waals surface area contributed by atoms with E-state index in [1.807, 2.05) is 35.7 Å². The van der Waals surface area contributed by atoms with Crippen molar-refractivity contribution in [3.63, 3.8) is 0 Å². The first-order valence-electron chi connectivity index (χ1n) is 7.70. The van der Waals surface area contributed by atoms with Gasteiger partial charge in [0.05, 0.1) is 11.2 Å². The van der Waals surface area contributed by atoms with Crippen LogP contribution in [0.2, 0.25) is 5.02 Å². The van der Waals surface area contributed by atoms with Gasteiger partial charge >= 0.3 is 5.76 Å². The minimum absolute atomic E-state index is 0.173. The molecule has 26 heavy (non-hydrogen) atoms. The molecule has 0 saturated carbocycles. The van der Waals surface area contributed by atoms with Crippen LogP contribution in [0.25, 0.3) is 22.4 Å². The maximum Gasteiger partial charge on any atom is 0.420 e. The predicted octanol–water partition coefficient (Wildman–Crippen LogP) is 4.01. The molecule has 0 bridgehead atoms. The van der Waals surface area contributed by atoms with Gasteiger partial charge in [0, 0.05) is 22.0 Å². The number of hydrogen-bond donors (Lipinski definition) is 1. The number of fused-ring (bicyclic) bond motifs is 1. The van der Waals surface area contributed by atoms with E-state index in [9.17, 15) is 9.59 Å². The van der Waals surface area contributed by atoms with Crippen LogP contribution in [0.5, 0.6) is 0 Å². The van der Waals surface area contributed by atoms with E-state index >= 15 is 0 Å². The third kappa shape index (κ3) is 3.26. The van der Waals surface area contributed by atoms with Gasteiger partial charge < -0.3 is 9.73 Å². The molecule has 6 nitrogen and oxygen atoms in total. The lowest BCUT2D eigenvalue weighted by Gasteiger charge is -2.02. The molecule has 4 rings (SSSR count). The van der Waals surface area contributed by atoms with Crippen LogP contribution in [0.15, 0.2) is 63.1 Å². The van der Waals surface area contributed by atoms with Crippen molar-refractivity contribution in [1.29, 1.82) is 0 Å². The zero-order valence-corrected chi connectivity index (χ0v) is 14.9. The summed E-state index contributed by atoms with van der Waals surface area (Å²) in [6.07, 6.45) is 0. The van der Waals surface area contributed by atoms with Crippen LogP contribution >= 0.6 is 22.9 Å². The van der Waals surface area contributed by atoms with Crippen LogP contribution in [0.3, 0.4) is 0 Å². The molecule has 1 N–H and O–H groups in total. The van der Waals surface area contributed by atoms with E-state index in [1.165, 1.54) is 15.9 Å². The van der Waals surface area contributed by atoms with Gasteiger partial charge in [-0.2, -0.15) is 0 Å². The Bertz CT molecular complexity index is 1150. The van der Waals surface area contributed by atoms with E-state index in [2.05, 4.69) is 10.3 Å². The summed E-state index contributed by atoms with van der Waals surface area (Å²) in [5, 5.41) is 5.51. The molecule has 130 valence electrons. The highest BCUT2D eigenvalue weighted by atomic mass is 35.5. The quantitative estimate of drug-likeness (QED) is 0.575. The Morgan fingerprint density at radius 3 is 2.85 bits per heavy atom. The van der Waals surface area contributed by atoms with E-state index < -0.39 is 5.76 Å². The number of anilines is 1. The highest BCUT2D eigenvalue weighted by Crippen LogP contribution is 2.24. The van der Waals surface area contributed by atoms with Crippen LogP contribution in [0.1, 0.15) is 0 Å². The highest BCUT2D eigenvalue weighted by Gasteiger charge is 2.14. The lowest BCUT2D eigenvalue weighted by Crippen LogP contribution is -2.24. The van der Waals surface area contributed by atoms with Crippen LogP contribution in [0, 0.1) is 0 Å². The molecule has 0 radical (unpaired) electrons. The monoisotopic (exact) mass is 385 g/mol. The number of carbonyl (C=O) groups excluding carboxylic acids is 1. The number of thiazole rings is 1. The molecular formula is C18H12ClN3O3S. The molecule has 0 saturated heterocycles. The molecular weight excluding hydrogens is 374 g/mol. The second-order valence-corrected chi connectivity index (χ2v) is 6.81. The number of aromatic nitrogens is 2. The highest BCUT2D eigenvalue weighted by molar-refractivity contribution is 7.14. The fourth-order valence-electron chi connectivity index (χ4n) is 2.56. The molecule has 0 atom stereocenters. The second-order valence-electron chi connectivity index (χ2n) is 5.52. The maximum absolute atomic E-state index is 12.3. The molecule has 2 aromatic carbocycles. The Kier molecular flexibility index (Phi) is 4.32. The van der Waals surface area contributed by atoms with E-state index in [4.69, 9.17) is 16.0 Å². The minimum atomic E-state index is -0.610. The zero-order chi connectivity index (χ0) is 18.1. The number of carbonyl (C=O) groups is 1. The largest absolute Gasteiger partial charge is 0.420 e. The molecule has 1 amide bonds. The average molecular weight is 386 g/mol. The summed E-state index contributed by atoms with van der Waals surface area (Å²) >= 11 is 7.21. The first-order valence-corrected chi connectivity index (χ1v) is 8.95. The summed E-state index contributed by atoms with van der Waals surface area (Å²) in [4.78, 5) is 28.7. The van der Waals surface area contributed by atoms with Crippen molar-refractivity contribution in [3.05, 3.63) is 69.5 Å². The third-order valence-corrected chi connectivity index (χ3v) is 4.74. The second kappa shape index (κ2) is 6.78. The van der Waals surface area contributed by atoms with Gasteiger partial charge in [0.15, 0.2) is 10.7 Å². The number of benzene rings is 2. The maximum atomic E-state index is 12.3. The molecule has 0 aliphatic carbocycles. The Morgan fingerprint density at radius 2 is 2.04 bits per heavy atom. The summed E-state index contributed by atoms with van der Waals surface area (Å²) in [7, 11) is 0. The van der Waals surface area contributed by atoms with Crippen molar-refractivity contribution in [2.45, 2.75) is 6.54 Å². The number of oxazole rings is 1. The number of nitrogens with zero attached hydrogens (tertiary/aromatic N) is 2. The standard InChI is InChI=1S/C18H12ClN3O3S/c19-12-6-7-14-15(8-12)25-18(24)22(14)9-16(23)21-17-20-13(10-26-17)11-4-2-1-3-5-11/h1-8,10H,9H2,(H,20,21,23). The van der Waals surface area contributed by atoms with Crippen LogP contribution in [-0.4, -0.2) is 15.5 Å². The summed E-state index contributed by atoms with van der Waals surface area (Å²) in [5.74, 6) is -0.972. The molecule has 4 aromatic rings. The fraction of sp³-hybridized carbons (Fsp3) is 0.0556. The average Bonchev–Trinajstić information content (AvgIpc) is 3.20. The molecule has 2 aromatic heterocycles. The van der Waals surface area contributed by atoms with E-state index in [-0.39, 0.29) is 12.5 Å². The summed E-state index contributed by atoms with van der Waals surface area (Å²) in [5.41, 5.74) is 2.61. The van der Waals surface area contributed by atoms with Crippen LogP contribution in [-0.2, 0) is 11.3 Å². The molecule has 2 heterocycles. The van der Waals surface area contributed by atoms with Gasteiger partial charge in [0.25, 0.3) is 0 Å². The Labute approximate surface area is 156 Å². The van der Waals surface area contributed by atoms with Crippen molar-refractivity contribution in [2.24, 2.45) is 0 Å². The smallest absolute Gasteiger partial charge is 0.408 e. The van der Waals surface area contributed by atoms with Gasteiger partial charge in [-0.3, -0.25) is 9.36 Å². The van der Waals surface area contributed by atoms with Crippen molar-refractivity contribution in [2.75, 3.05) is 5.32 Å². The van der Waals surface area contributed by atoms with Crippen molar-refractivity contribution in [3.8, 4) is 11.3 Å². The topological polar surface area (TPSA) is 77.1 Å². The van der Waals surface area contributed by atoms with E-state index in [0.29, 0.717) is 21.3 Å². The SMILES string of the molecule is O=C(Cn1c(=O)oc2cc(Cl)ccc21)Nc1nc(-c2ccccc2)cs1. The normalized spacial score (nSPS) is 11.0. The minimum Gasteiger partial charge on any atom is -0.408 e. The van der Waals surface area contributed by atoms with Crippen molar-refractivity contribution in [1.82, 2.24) is 9.55 Å². The zero-order valence-electron chi connectivity index (χ0n) is 13.3. The van der Waals surface area contributed by atoms with Gasteiger partial charge in [-0.05, 0) is 12.1 Å². The molecule has 8 heteroatoms. The number of nitrogens with one attached hydrogen (secondary N) is 1. The van der Waals surface area contributed by atoms with Gasteiger partial charge in [-0.15, -0.1) is 11.3 Å². The first kappa shape index (κ1) is 16.6. The number of rotatable bonds is 4. The van der Waals surface area contributed by atoms with E-state index in [0.717, 1.165) is 11.3 Å². The van der Waals surface area contributed by atoms with Gasteiger partial charge in [0.1, 0.15) is 6.54 Å². The molecule has 0 unspecified atom stereocenters. The van der Waals surface area contributed by atoms with Gasteiger partial charge in [0.2, 0.25) is 5.91 Å². The lowest BCUT2D eigenvalue weighted by molar-refractivity contribution is -0.116. The van der Waals surface area contributed by atoms with Gasteiger partial charge in [-0.25, -0.2) is 9.78 Å². The Morgan fingerprint density at radius 1 is 1.23 bits per heavy atom. The molecule has 0 aliphatic heterocycles. The number of amides is 1. The summed E-state index contributed by atoms with van der Waals surface area (Å²) < 4.78 is 6.38. The molecule has 0 aliphatic rings. The third-order valence-electron chi connectivity index (χ3n) is 3.75. The van der Waals surface area contributed by atoms with Crippen molar-refractivity contribution >= 4 is 45.1 Å². The summed E-state index contributed by atoms with van der Waals surface area (Å²) in [6.45, 7) is -0.173. The Balaban J connectivity index is 1.52. The Hall–Kier alpha value is -2.90. The fourth-order valence-corrected chi connectivity index (χ4v) is 3.46. The number of halogens is 1. The van der Waals surface area contributed by atoms with Crippen molar-refractivity contribution < 1.29 is 9.21 Å². The van der Waals surface area contributed by atoms with Crippen LogP contribution in [0.4, 0.5) is 5.13 Å². The molecule has 0 spiro atoms. The lowest BCUT2D eigenvalue weighted by atomic mass is 10.2. The summed E-state index contributed by atoms with van der Waals surface area (Å²) in [6, 6.07) is 14.5. The van der Waals surface area contributed by atoms with E-state index in [1.54, 1.807) is 18.2 Å². The van der Waals surface area contributed by atoms with Crippen LogP contribution < -0.4 is 11.1 Å². The number of hydrogen-bond acceptors (Lipinski definition) is 5. The predicted molar refractivity (Wildman–Crippen MR) is 102 cm³/mol.